The van der Waals surface area contributed by atoms with Crippen molar-refractivity contribution in [1.29, 1.82) is 0 Å². The number of hydrogen-bond acceptors (Lipinski definition) is 3. The van der Waals surface area contributed by atoms with Gasteiger partial charge < -0.3 is 9.88 Å². The number of nitrogens with zero attached hydrogens (tertiary/aromatic N) is 3. The molecule has 36 heavy (non-hydrogen) atoms. The number of para-hydroxylation sites is 2. The van der Waals surface area contributed by atoms with E-state index in [1.165, 1.54) is 30.8 Å². The average molecular weight is 488 g/mol. The lowest BCUT2D eigenvalue weighted by Crippen LogP contribution is -2.37. The predicted molar refractivity (Wildman–Crippen MR) is 131 cm³/mol. The fraction of sp³-hybridized carbons (Fsp3) is 0.111. The van der Waals surface area contributed by atoms with Gasteiger partial charge >= 0.3 is 5.69 Å². The highest BCUT2D eigenvalue weighted by atomic mass is 19.1. The standard InChI is InChI=1S/C27H19F3N4O2/c1-32-24-21(26(35)33(2)27(32)36)23(16-7-3-4-8-17(16)29)34-20-10-6-5-9-19(20)31-22(25(24)34)15-12-11-14(28)13-18(15)30/h3-13,22,31H,1-2H3. The molecule has 0 spiro atoms. The van der Waals surface area contributed by atoms with Crippen molar-refractivity contribution in [3.8, 4) is 16.9 Å². The zero-order valence-corrected chi connectivity index (χ0v) is 19.2. The first-order valence-electron chi connectivity index (χ1n) is 11.2. The van der Waals surface area contributed by atoms with Crippen LogP contribution in [0.1, 0.15) is 17.3 Å². The SMILES string of the molecule is Cn1c(=O)c2c(-c3ccccc3F)n3c(c2n(C)c1=O)C(c1ccc(F)cc1F)Nc1ccccc1-3. The van der Waals surface area contributed by atoms with Gasteiger partial charge in [0.15, 0.2) is 0 Å². The first-order chi connectivity index (χ1) is 17.3. The fourth-order valence-electron chi connectivity index (χ4n) is 5.10. The topological polar surface area (TPSA) is 61.0 Å². The molecule has 1 unspecified atom stereocenters. The van der Waals surface area contributed by atoms with Crippen LogP contribution in [0, 0.1) is 17.5 Å². The van der Waals surface area contributed by atoms with Crippen molar-refractivity contribution in [2.45, 2.75) is 6.04 Å². The van der Waals surface area contributed by atoms with Crippen LogP contribution in [0.5, 0.6) is 0 Å². The lowest BCUT2D eigenvalue weighted by atomic mass is 9.99. The summed E-state index contributed by atoms with van der Waals surface area (Å²) in [5.41, 5.74) is 1.10. The van der Waals surface area contributed by atoms with E-state index in [0.717, 1.165) is 16.7 Å². The molecule has 9 heteroatoms. The smallest absolute Gasteiger partial charge is 0.331 e. The van der Waals surface area contributed by atoms with Gasteiger partial charge in [0, 0.05) is 31.3 Å². The molecule has 1 atom stereocenters. The molecule has 3 heterocycles. The first kappa shape index (κ1) is 22.0. The van der Waals surface area contributed by atoms with E-state index in [4.69, 9.17) is 0 Å². The number of halogens is 3. The Morgan fingerprint density at radius 3 is 2.31 bits per heavy atom. The maximum atomic E-state index is 15.3. The lowest BCUT2D eigenvalue weighted by Gasteiger charge is -2.31. The fourth-order valence-corrected chi connectivity index (χ4v) is 5.10. The first-order valence-corrected chi connectivity index (χ1v) is 11.2. The van der Waals surface area contributed by atoms with Crippen LogP contribution in [0.2, 0.25) is 0 Å². The van der Waals surface area contributed by atoms with Crippen molar-refractivity contribution in [2.24, 2.45) is 14.1 Å². The maximum Gasteiger partial charge on any atom is 0.331 e. The molecule has 6 rings (SSSR count). The molecule has 6 nitrogen and oxygen atoms in total. The third-order valence-electron chi connectivity index (χ3n) is 6.73. The van der Waals surface area contributed by atoms with E-state index >= 15 is 8.78 Å². The summed E-state index contributed by atoms with van der Waals surface area (Å²) in [6.07, 6.45) is 0. The van der Waals surface area contributed by atoms with Crippen LogP contribution < -0.4 is 16.6 Å². The number of hydrogen-bond donors (Lipinski definition) is 1. The molecule has 180 valence electrons. The van der Waals surface area contributed by atoms with Gasteiger partial charge in [-0.05, 0) is 30.3 Å². The maximum absolute atomic E-state index is 15.3. The molecule has 1 N–H and O–H groups in total. The molecule has 0 saturated heterocycles. The predicted octanol–water partition coefficient (Wildman–Crippen LogP) is 4.63. The Labute approximate surface area is 202 Å². The van der Waals surface area contributed by atoms with E-state index in [1.807, 2.05) is 0 Å². The summed E-state index contributed by atoms with van der Waals surface area (Å²) < 4.78 is 48.2. The van der Waals surface area contributed by atoms with E-state index in [1.54, 1.807) is 47.0 Å². The Kier molecular flexibility index (Phi) is 4.72. The van der Waals surface area contributed by atoms with Gasteiger partial charge in [-0.25, -0.2) is 18.0 Å². The van der Waals surface area contributed by atoms with Gasteiger partial charge in [-0.2, -0.15) is 0 Å². The molecule has 3 aromatic carbocycles. The number of anilines is 1. The summed E-state index contributed by atoms with van der Waals surface area (Å²) in [5, 5.41) is 3.40. The normalized spacial score (nSPS) is 14.4. The second-order valence-electron chi connectivity index (χ2n) is 8.74. The van der Waals surface area contributed by atoms with Crippen molar-refractivity contribution in [3.63, 3.8) is 0 Å². The van der Waals surface area contributed by atoms with Crippen molar-refractivity contribution in [3.05, 3.63) is 116 Å². The van der Waals surface area contributed by atoms with Crippen LogP contribution >= 0.6 is 0 Å². The summed E-state index contributed by atoms with van der Waals surface area (Å²) in [4.78, 5) is 26.6. The van der Waals surface area contributed by atoms with Gasteiger partial charge in [-0.1, -0.05) is 30.3 Å². The van der Waals surface area contributed by atoms with Crippen LogP contribution in [0.25, 0.3) is 27.8 Å². The highest BCUT2D eigenvalue weighted by molar-refractivity contribution is 5.99. The van der Waals surface area contributed by atoms with Crippen molar-refractivity contribution < 1.29 is 13.2 Å². The second kappa shape index (κ2) is 7.74. The largest absolute Gasteiger partial charge is 0.371 e. The minimum Gasteiger partial charge on any atom is -0.371 e. The summed E-state index contributed by atoms with van der Waals surface area (Å²) >= 11 is 0. The molecular weight excluding hydrogens is 469 g/mol. The van der Waals surface area contributed by atoms with Crippen LogP contribution in [-0.4, -0.2) is 13.7 Å². The highest BCUT2D eigenvalue weighted by Crippen LogP contribution is 2.46. The molecule has 1 aliphatic heterocycles. The molecular formula is C27H19F3N4O2. The minimum absolute atomic E-state index is 0.111. The molecule has 0 aliphatic carbocycles. The zero-order valence-electron chi connectivity index (χ0n) is 19.2. The molecule has 0 bridgehead atoms. The Morgan fingerprint density at radius 2 is 1.56 bits per heavy atom. The molecule has 0 saturated carbocycles. The Balaban J connectivity index is 1.89. The molecule has 2 aromatic heterocycles. The van der Waals surface area contributed by atoms with Gasteiger partial charge in [0.05, 0.1) is 39.7 Å². The number of nitrogens with one attached hydrogen (secondary N) is 1. The minimum atomic E-state index is -0.916. The van der Waals surface area contributed by atoms with Crippen LogP contribution in [0.3, 0.4) is 0 Å². The summed E-state index contributed by atoms with van der Waals surface area (Å²) in [7, 11) is 2.86. The Hall–Kier alpha value is -4.53. The van der Waals surface area contributed by atoms with Crippen molar-refractivity contribution in [1.82, 2.24) is 13.7 Å². The zero-order chi connectivity index (χ0) is 25.3. The number of aromatic nitrogens is 3. The number of benzene rings is 3. The molecule has 0 radical (unpaired) electrons. The van der Waals surface area contributed by atoms with E-state index in [9.17, 15) is 14.0 Å². The summed E-state index contributed by atoms with van der Waals surface area (Å²) in [5.74, 6) is -2.09. The van der Waals surface area contributed by atoms with Gasteiger partial charge in [-0.3, -0.25) is 13.9 Å². The summed E-state index contributed by atoms with van der Waals surface area (Å²) in [6.45, 7) is 0. The number of aryl methyl sites for hydroxylation is 1. The molecule has 0 amide bonds. The number of rotatable bonds is 2. The molecule has 1 aliphatic rings. The Bertz CT molecular complexity index is 1830. The van der Waals surface area contributed by atoms with E-state index < -0.39 is 34.7 Å². The van der Waals surface area contributed by atoms with Gasteiger partial charge in [0.2, 0.25) is 0 Å². The monoisotopic (exact) mass is 488 g/mol. The van der Waals surface area contributed by atoms with Crippen LogP contribution in [-0.2, 0) is 14.1 Å². The average Bonchev–Trinajstić information content (AvgIpc) is 3.23. The molecule has 5 aromatic rings. The third-order valence-corrected chi connectivity index (χ3v) is 6.73. The van der Waals surface area contributed by atoms with Crippen LogP contribution in [0.4, 0.5) is 18.9 Å². The Morgan fingerprint density at radius 1 is 0.833 bits per heavy atom. The van der Waals surface area contributed by atoms with E-state index in [0.29, 0.717) is 17.1 Å². The lowest BCUT2D eigenvalue weighted by molar-refractivity contribution is 0.566. The van der Waals surface area contributed by atoms with Gasteiger partial charge in [0.25, 0.3) is 5.56 Å². The highest BCUT2D eigenvalue weighted by Gasteiger charge is 2.36. The number of fused-ring (bicyclic) bond motifs is 5. The van der Waals surface area contributed by atoms with Crippen molar-refractivity contribution >= 4 is 16.6 Å². The van der Waals surface area contributed by atoms with E-state index in [-0.39, 0.29) is 27.7 Å². The molecule has 0 fully saturated rings. The van der Waals surface area contributed by atoms with Crippen LogP contribution in [0.15, 0.2) is 76.3 Å². The van der Waals surface area contributed by atoms with Crippen molar-refractivity contribution in [2.75, 3.05) is 5.32 Å². The third kappa shape index (κ3) is 2.92. The van der Waals surface area contributed by atoms with E-state index in [2.05, 4.69) is 5.32 Å². The second-order valence-corrected chi connectivity index (χ2v) is 8.74. The quantitative estimate of drug-likeness (QED) is 0.394. The van der Waals surface area contributed by atoms with Gasteiger partial charge in [0.1, 0.15) is 17.5 Å². The summed E-state index contributed by atoms with van der Waals surface area (Å²) in [6, 6.07) is 15.5. The van der Waals surface area contributed by atoms with Gasteiger partial charge in [-0.15, -0.1) is 0 Å².